The third kappa shape index (κ3) is 2.16. The summed E-state index contributed by atoms with van der Waals surface area (Å²) >= 11 is 0. The van der Waals surface area contributed by atoms with Crippen molar-refractivity contribution >= 4 is 46.9 Å². The van der Waals surface area contributed by atoms with Crippen LogP contribution in [-0.2, 0) is 19.1 Å². The molecule has 20 heavy (non-hydrogen) atoms. The minimum absolute atomic E-state index is 0.192. The predicted molar refractivity (Wildman–Crippen MR) is 84.3 cm³/mol. The Balaban J connectivity index is 2.07. The molecule has 0 N–H and O–H groups in total. The Morgan fingerprint density at radius 2 is 1.75 bits per heavy atom. The lowest BCUT2D eigenvalue weighted by Crippen LogP contribution is -2.18. The standard InChI is InChI=1S/C13H14O4S3/c1-16-12(14)9-10(13(15)17-2)19-20-11(9)7-5-3-4-6-8(7)18-20/h3-6H2,1-2H3. The van der Waals surface area contributed by atoms with E-state index in [4.69, 9.17) is 9.47 Å². The topological polar surface area (TPSA) is 52.6 Å². The zero-order valence-corrected chi connectivity index (χ0v) is 13.6. The Kier molecular flexibility index (Phi) is 4.01. The van der Waals surface area contributed by atoms with Crippen molar-refractivity contribution in [2.75, 3.05) is 14.2 Å². The van der Waals surface area contributed by atoms with E-state index in [0.717, 1.165) is 24.1 Å². The molecule has 3 aliphatic rings. The molecule has 0 radical (unpaired) electrons. The summed E-state index contributed by atoms with van der Waals surface area (Å²) in [4.78, 5) is 26.8. The highest BCUT2D eigenvalue weighted by molar-refractivity contribution is 9.17. The SMILES string of the molecule is COC(=O)C1=C(C(=O)OC)C2=S(SC3=C2CCCC3)S1. The highest BCUT2D eigenvalue weighted by Crippen LogP contribution is 2.65. The number of rotatable bonds is 2. The van der Waals surface area contributed by atoms with Crippen molar-refractivity contribution in [2.24, 2.45) is 0 Å². The van der Waals surface area contributed by atoms with Crippen molar-refractivity contribution < 1.29 is 19.1 Å². The molecule has 7 heteroatoms. The third-order valence-corrected chi connectivity index (χ3v) is 9.92. The number of hydrogen-bond acceptors (Lipinski definition) is 6. The molecule has 0 bridgehead atoms. The van der Waals surface area contributed by atoms with Crippen LogP contribution < -0.4 is 0 Å². The van der Waals surface area contributed by atoms with Gasteiger partial charge in [0.2, 0.25) is 0 Å². The molecule has 0 spiro atoms. The van der Waals surface area contributed by atoms with Gasteiger partial charge in [-0.05, 0) is 42.1 Å². The van der Waals surface area contributed by atoms with Crippen LogP contribution in [0.1, 0.15) is 25.7 Å². The first-order valence-electron chi connectivity index (χ1n) is 6.29. The fourth-order valence-corrected chi connectivity index (χ4v) is 10.2. The average Bonchev–Trinajstić information content (AvgIpc) is 3.01. The van der Waals surface area contributed by atoms with Gasteiger partial charge in [-0.1, -0.05) is 19.3 Å². The van der Waals surface area contributed by atoms with Gasteiger partial charge in [-0.15, -0.1) is 0 Å². The number of carbonyl (C=O) groups excluding carboxylic acids is 2. The number of fused-ring (bicyclic) bond motifs is 1. The summed E-state index contributed by atoms with van der Waals surface area (Å²) in [6, 6.07) is 0. The van der Waals surface area contributed by atoms with Crippen LogP contribution in [0.2, 0.25) is 0 Å². The van der Waals surface area contributed by atoms with Crippen molar-refractivity contribution in [1.82, 2.24) is 0 Å². The van der Waals surface area contributed by atoms with Crippen LogP contribution in [0.4, 0.5) is 0 Å². The molecule has 4 nitrogen and oxygen atoms in total. The molecule has 0 aromatic rings. The number of hydrogen-bond donors (Lipinski definition) is 0. The molecule has 2 aliphatic heterocycles. The van der Waals surface area contributed by atoms with Crippen molar-refractivity contribution in [3.63, 3.8) is 0 Å². The summed E-state index contributed by atoms with van der Waals surface area (Å²) in [6.45, 7) is 0. The zero-order chi connectivity index (χ0) is 14.3. The molecule has 1 aliphatic carbocycles. The van der Waals surface area contributed by atoms with Crippen LogP contribution in [0, 0.1) is 0 Å². The lowest BCUT2D eigenvalue weighted by molar-refractivity contribution is -0.138. The minimum Gasteiger partial charge on any atom is -0.465 e. The highest BCUT2D eigenvalue weighted by atomic mass is 33.5. The number of methoxy groups -OCH3 is 2. The molecule has 1 atom stereocenters. The van der Waals surface area contributed by atoms with E-state index in [-0.39, 0.29) is 8.55 Å². The summed E-state index contributed by atoms with van der Waals surface area (Å²) in [7, 11) is 5.75. The smallest absolute Gasteiger partial charge is 0.346 e. The Labute approximate surface area is 127 Å². The third-order valence-electron chi connectivity index (χ3n) is 3.41. The number of esters is 2. The molecule has 0 saturated carbocycles. The van der Waals surface area contributed by atoms with Gasteiger partial charge in [0.05, 0.1) is 19.8 Å². The molecular formula is C13H14O4S3. The van der Waals surface area contributed by atoms with Crippen LogP contribution in [0.5, 0.6) is 0 Å². The van der Waals surface area contributed by atoms with E-state index in [0.29, 0.717) is 10.5 Å². The van der Waals surface area contributed by atoms with Crippen LogP contribution in [0.15, 0.2) is 21.0 Å². The van der Waals surface area contributed by atoms with Gasteiger partial charge in [-0.25, -0.2) is 9.59 Å². The van der Waals surface area contributed by atoms with E-state index in [1.165, 1.54) is 41.9 Å². The maximum atomic E-state index is 12.1. The van der Waals surface area contributed by atoms with Crippen LogP contribution in [0.25, 0.3) is 0 Å². The van der Waals surface area contributed by atoms with E-state index in [2.05, 4.69) is 0 Å². The van der Waals surface area contributed by atoms with Crippen molar-refractivity contribution in [3.05, 3.63) is 21.0 Å². The number of carbonyl (C=O) groups is 2. The second kappa shape index (κ2) is 5.61. The summed E-state index contributed by atoms with van der Waals surface area (Å²) in [6.07, 6.45) is 4.45. The van der Waals surface area contributed by atoms with Crippen LogP contribution >= 0.6 is 30.1 Å². The second-order valence-corrected chi connectivity index (χ2v) is 10.3. The van der Waals surface area contributed by atoms with Crippen molar-refractivity contribution in [1.29, 1.82) is 0 Å². The van der Waals surface area contributed by atoms with E-state index in [1.54, 1.807) is 10.8 Å². The molecular weight excluding hydrogens is 316 g/mol. The number of allylic oxidation sites excluding steroid dienone is 2. The average molecular weight is 330 g/mol. The molecule has 0 amide bonds. The first kappa shape index (κ1) is 14.3. The fraction of sp³-hybridized carbons (Fsp3) is 0.462. The summed E-state index contributed by atoms with van der Waals surface area (Å²) in [5, 5.41) is 0. The maximum absolute atomic E-state index is 12.1. The predicted octanol–water partition coefficient (Wildman–Crippen LogP) is 3.18. The minimum atomic E-state index is -0.441. The molecule has 3 rings (SSSR count). The Morgan fingerprint density at radius 1 is 1.05 bits per heavy atom. The van der Waals surface area contributed by atoms with Crippen molar-refractivity contribution in [3.8, 4) is 0 Å². The lowest BCUT2D eigenvalue weighted by Gasteiger charge is -2.16. The lowest BCUT2D eigenvalue weighted by atomic mass is 9.93. The summed E-state index contributed by atoms with van der Waals surface area (Å²) < 4.78 is 9.68. The van der Waals surface area contributed by atoms with Crippen LogP contribution in [-0.4, -0.2) is 31.0 Å². The second-order valence-electron chi connectivity index (χ2n) is 4.53. The van der Waals surface area contributed by atoms with E-state index >= 15 is 0 Å². The molecule has 2 heterocycles. The highest BCUT2D eigenvalue weighted by Gasteiger charge is 2.41. The Hall–Kier alpha value is -0.660. The van der Waals surface area contributed by atoms with E-state index in [9.17, 15) is 9.59 Å². The maximum Gasteiger partial charge on any atom is 0.346 e. The van der Waals surface area contributed by atoms with Gasteiger partial charge in [0, 0.05) is 9.77 Å². The van der Waals surface area contributed by atoms with Crippen LogP contribution in [0.3, 0.4) is 0 Å². The summed E-state index contributed by atoms with van der Waals surface area (Å²) in [5.41, 5.74) is 1.71. The van der Waals surface area contributed by atoms with Gasteiger partial charge in [0.1, 0.15) is 4.91 Å². The normalized spacial score (nSPS) is 24.7. The van der Waals surface area contributed by atoms with Gasteiger partial charge in [0.15, 0.2) is 0 Å². The van der Waals surface area contributed by atoms with Crippen molar-refractivity contribution in [2.45, 2.75) is 25.7 Å². The first-order valence-corrected chi connectivity index (χ1v) is 10.2. The zero-order valence-electron chi connectivity index (χ0n) is 11.2. The fourth-order valence-electron chi connectivity index (χ4n) is 2.47. The van der Waals surface area contributed by atoms with Gasteiger partial charge in [-0.2, -0.15) is 0 Å². The molecule has 1 unspecified atom stereocenters. The van der Waals surface area contributed by atoms with E-state index in [1.807, 2.05) is 0 Å². The summed E-state index contributed by atoms with van der Waals surface area (Å²) in [5.74, 6) is -0.869. The van der Waals surface area contributed by atoms with Gasteiger partial charge in [0.25, 0.3) is 0 Å². The van der Waals surface area contributed by atoms with Gasteiger partial charge < -0.3 is 9.47 Å². The largest absolute Gasteiger partial charge is 0.465 e. The molecule has 0 saturated heterocycles. The molecule has 108 valence electrons. The molecule has 0 aromatic carbocycles. The van der Waals surface area contributed by atoms with Gasteiger partial charge >= 0.3 is 11.9 Å². The number of ether oxygens (including phenoxy) is 2. The first-order chi connectivity index (χ1) is 9.67. The molecule has 0 fully saturated rings. The van der Waals surface area contributed by atoms with E-state index < -0.39 is 11.9 Å². The quantitative estimate of drug-likeness (QED) is 0.440. The van der Waals surface area contributed by atoms with Gasteiger partial charge in [-0.3, -0.25) is 0 Å². The Bertz CT molecular complexity index is 601. The molecule has 0 aromatic heterocycles. The monoisotopic (exact) mass is 330 g/mol. The Morgan fingerprint density at radius 3 is 2.45 bits per heavy atom.